The number of piperazine rings is 1. The summed E-state index contributed by atoms with van der Waals surface area (Å²) in [6.07, 6.45) is 0. The van der Waals surface area contributed by atoms with Crippen LogP contribution in [0.2, 0.25) is 0 Å². The Bertz CT molecular complexity index is 1200. The molecule has 0 bridgehead atoms. The van der Waals surface area contributed by atoms with Gasteiger partial charge in [-0.3, -0.25) is 4.79 Å². The van der Waals surface area contributed by atoms with Gasteiger partial charge < -0.3 is 24.0 Å². The summed E-state index contributed by atoms with van der Waals surface area (Å²) < 4.78 is 16.3. The summed E-state index contributed by atoms with van der Waals surface area (Å²) >= 11 is 0. The molecule has 0 unspecified atom stereocenters. The molecule has 3 aromatic rings. The number of fused-ring (bicyclic) bond motifs is 1. The van der Waals surface area contributed by atoms with Crippen molar-refractivity contribution in [3.05, 3.63) is 60.2 Å². The van der Waals surface area contributed by atoms with Gasteiger partial charge in [-0.1, -0.05) is 12.1 Å². The number of rotatable bonds is 5. The summed E-state index contributed by atoms with van der Waals surface area (Å²) in [6, 6.07) is 18.5. The molecule has 1 saturated heterocycles. The highest BCUT2D eigenvalue weighted by atomic mass is 16.7. The Morgan fingerprint density at radius 3 is 2.61 bits per heavy atom. The summed E-state index contributed by atoms with van der Waals surface area (Å²) in [7, 11) is 0. The zero-order chi connectivity index (χ0) is 22.6. The minimum absolute atomic E-state index is 0.0945. The van der Waals surface area contributed by atoms with Crippen molar-refractivity contribution in [3.63, 3.8) is 0 Å². The number of hydrogen-bond donors (Lipinski definition) is 0. The molecule has 0 saturated carbocycles. The molecule has 2 aliphatic heterocycles. The lowest BCUT2D eigenvalue weighted by atomic mass is 10.1. The van der Waals surface area contributed by atoms with Gasteiger partial charge in [-0.2, -0.15) is 5.26 Å². The zero-order valence-corrected chi connectivity index (χ0v) is 17.8. The van der Waals surface area contributed by atoms with E-state index in [0.717, 1.165) is 22.8 Å². The van der Waals surface area contributed by atoms with Crippen LogP contribution in [-0.4, -0.2) is 60.6 Å². The van der Waals surface area contributed by atoms with E-state index in [1.807, 2.05) is 30.3 Å². The maximum Gasteiger partial charge on any atom is 0.260 e. The summed E-state index contributed by atoms with van der Waals surface area (Å²) in [4.78, 5) is 16.4. The monoisotopic (exact) mass is 443 g/mol. The third kappa shape index (κ3) is 4.36. The first kappa shape index (κ1) is 20.6. The van der Waals surface area contributed by atoms with Crippen molar-refractivity contribution >= 4 is 11.7 Å². The Morgan fingerprint density at radius 2 is 1.82 bits per heavy atom. The Kier molecular flexibility index (Phi) is 5.64. The molecule has 0 spiro atoms. The molecule has 33 heavy (non-hydrogen) atoms. The quantitative estimate of drug-likeness (QED) is 0.593. The average molecular weight is 443 g/mol. The summed E-state index contributed by atoms with van der Waals surface area (Å²) in [5.41, 5.74) is 2.07. The lowest BCUT2D eigenvalue weighted by Crippen LogP contribution is -2.50. The van der Waals surface area contributed by atoms with E-state index in [1.54, 1.807) is 29.2 Å². The smallest absolute Gasteiger partial charge is 0.260 e. The van der Waals surface area contributed by atoms with Crippen molar-refractivity contribution in [2.75, 3.05) is 44.5 Å². The lowest BCUT2D eigenvalue weighted by molar-refractivity contribution is -0.133. The second-order valence-corrected chi connectivity index (χ2v) is 7.61. The summed E-state index contributed by atoms with van der Waals surface area (Å²) in [5.74, 6) is 2.52. The molecule has 1 aromatic heterocycles. The summed E-state index contributed by atoms with van der Waals surface area (Å²) in [6.45, 7) is 2.57. The van der Waals surface area contributed by atoms with E-state index >= 15 is 0 Å². The van der Waals surface area contributed by atoms with E-state index in [4.69, 9.17) is 19.5 Å². The topological polar surface area (TPSA) is 101 Å². The Labute approximate surface area is 190 Å². The molecule has 0 aliphatic carbocycles. The number of carbonyl (C=O) groups is 1. The number of nitriles is 1. The molecule has 166 valence electrons. The number of carbonyl (C=O) groups excluding carboxylic acids is 1. The third-order valence-corrected chi connectivity index (χ3v) is 5.63. The lowest BCUT2D eigenvalue weighted by Gasteiger charge is -2.35. The highest BCUT2D eigenvalue weighted by molar-refractivity contribution is 5.78. The fraction of sp³-hybridized carbons (Fsp3) is 0.250. The number of amides is 1. The van der Waals surface area contributed by atoms with Gasteiger partial charge in [-0.05, 0) is 42.5 Å². The molecule has 5 rings (SSSR count). The first-order valence-electron chi connectivity index (χ1n) is 10.6. The van der Waals surface area contributed by atoms with Crippen LogP contribution < -0.4 is 19.1 Å². The van der Waals surface area contributed by atoms with Crippen LogP contribution in [0.25, 0.3) is 11.3 Å². The minimum atomic E-state index is -0.105. The van der Waals surface area contributed by atoms with Crippen LogP contribution in [-0.2, 0) is 4.79 Å². The second-order valence-electron chi connectivity index (χ2n) is 7.61. The summed E-state index contributed by atoms with van der Waals surface area (Å²) in [5, 5.41) is 17.9. The van der Waals surface area contributed by atoms with Gasteiger partial charge in [0.2, 0.25) is 6.79 Å². The van der Waals surface area contributed by atoms with E-state index in [0.29, 0.717) is 43.2 Å². The molecule has 9 heteroatoms. The molecule has 9 nitrogen and oxygen atoms in total. The molecular formula is C24H21N5O4. The minimum Gasteiger partial charge on any atom is -0.482 e. The third-order valence-electron chi connectivity index (χ3n) is 5.63. The molecule has 0 radical (unpaired) electrons. The van der Waals surface area contributed by atoms with Gasteiger partial charge >= 0.3 is 0 Å². The highest BCUT2D eigenvalue weighted by Crippen LogP contribution is 2.35. The van der Waals surface area contributed by atoms with Crippen LogP contribution in [0.3, 0.4) is 0 Å². The fourth-order valence-electron chi connectivity index (χ4n) is 3.80. The Morgan fingerprint density at radius 1 is 1.00 bits per heavy atom. The zero-order valence-electron chi connectivity index (χ0n) is 17.8. The Balaban J connectivity index is 1.15. The highest BCUT2D eigenvalue weighted by Gasteiger charge is 2.23. The van der Waals surface area contributed by atoms with Crippen LogP contribution in [0.1, 0.15) is 5.56 Å². The Hall–Kier alpha value is -4.32. The van der Waals surface area contributed by atoms with Gasteiger partial charge in [-0.15, -0.1) is 10.2 Å². The first-order valence-corrected chi connectivity index (χ1v) is 10.6. The molecular weight excluding hydrogens is 422 g/mol. The predicted molar refractivity (Wildman–Crippen MR) is 119 cm³/mol. The van der Waals surface area contributed by atoms with Gasteiger partial charge in [0.1, 0.15) is 11.8 Å². The van der Waals surface area contributed by atoms with Gasteiger partial charge in [-0.25, -0.2) is 0 Å². The number of benzene rings is 2. The number of ether oxygens (including phenoxy) is 3. The van der Waals surface area contributed by atoms with Gasteiger partial charge in [0, 0.05) is 31.7 Å². The van der Waals surface area contributed by atoms with E-state index in [2.05, 4.69) is 21.2 Å². The normalized spacial score (nSPS) is 14.6. The van der Waals surface area contributed by atoms with Gasteiger partial charge in [0.05, 0.1) is 11.3 Å². The van der Waals surface area contributed by atoms with Crippen molar-refractivity contribution < 1.29 is 19.0 Å². The number of para-hydroxylation sites is 1. The van der Waals surface area contributed by atoms with Crippen LogP contribution in [0.4, 0.5) is 5.82 Å². The van der Waals surface area contributed by atoms with E-state index in [-0.39, 0.29) is 19.3 Å². The van der Waals surface area contributed by atoms with Gasteiger partial charge in [0.15, 0.2) is 23.9 Å². The number of aromatic nitrogens is 2. The molecule has 1 amide bonds. The van der Waals surface area contributed by atoms with Crippen LogP contribution in [0, 0.1) is 11.3 Å². The first-order chi connectivity index (χ1) is 16.2. The van der Waals surface area contributed by atoms with Crippen molar-refractivity contribution in [3.8, 4) is 34.6 Å². The van der Waals surface area contributed by atoms with Gasteiger partial charge in [0.25, 0.3) is 5.91 Å². The van der Waals surface area contributed by atoms with E-state index in [1.165, 1.54) is 0 Å². The van der Waals surface area contributed by atoms with Crippen molar-refractivity contribution in [1.82, 2.24) is 15.1 Å². The maximum absolute atomic E-state index is 12.5. The standard InChI is InChI=1S/C24H21N5O4/c25-14-18-3-1-2-4-20(18)31-15-24(30)29-11-9-28(10-12-29)23-8-6-19(26-27-23)17-5-7-21-22(13-17)33-16-32-21/h1-8,13H,9-12,15-16H2. The van der Waals surface area contributed by atoms with Crippen molar-refractivity contribution in [2.45, 2.75) is 0 Å². The van der Waals surface area contributed by atoms with Crippen LogP contribution in [0.15, 0.2) is 54.6 Å². The van der Waals surface area contributed by atoms with Crippen molar-refractivity contribution in [2.24, 2.45) is 0 Å². The van der Waals surface area contributed by atoms with Crippen LogP contribution >= 0.6 is 0 Å². The second kappa shape index (κ2) is 9.04. The molecule has 0 atom stereocenters. The number of nitrogens with zero attached hydrogens (tertiary/aromatic N) is 5. The predicted octanol–water partition coefficient (Wildman–Crippen LogP) is 2.47. The average Bonchev–Trinajstić information content (AvgIpc) is 3.36. The molecule has 2 aliphatic rings. The number of anilines is 1. The molecule has 3 heterocycles. The SMILES string of the molecule is N#Cc1ccccc1OCC(=O)N1CCN(c2ccc(-c3ccc4c(c3)OCO4)nn2)CC1. The van der Waals surface area contributed by atoms with Crippen molar-refractivity contribution in [1.29, 1.82) is 5.26 Å². The number of hydrogen-bond acceptors (Lipinski definition) is 8. The fourth-order valence-corrected chi connectivity index (χ4v) is 3.80. The molecule has 0 N–H and O–H groups in total. The van der Waals surface area contributed by atoms with E-state index < -0.39 is 0 Å². The van der Waals surface area contributed by atoms with E-state index in [9.17, 15) is 4.79 Å². The molecule has 2 aromatic carbocycles. The van der Waals surface area contributed by atoms with Crippen LogP contribution in [0.5, 0.6) is 17.2 Å². The molecule has 1 fully saturated rings. The maximum atomic E-state index is 12.5. The largest absolute Gasteiger partial charge is 0.482 e.